The van der Waals surface area contributed by atoms with Gasteiger partial charge in [-0.3, -0.25) is 0 Å². The number of nitrogens with two attached hydrogens (primary N) is 1. The van der Waals surface area contributed by atoms with Crippen LogP contribution in [0, 0.1) is 11.3 Å². The summed E-state index contributed by atoms with van der Waals surface area (Å²) in [5, 5.41) is 0. The van der Waals surface area contributed by atoms with E-state index in [-0.39, 0.29) is 0 Å². The minimum absolute atomic E-state index is 0.353. The standard InChI is InChI=1S/C15H31NO/c1-4-5-6-14-7-9-15(12-16,10-8-14)11-13(2)17-3/h13-14H,4-12,16H2,1-3H3. The van der Waals surface area contributed by atoms with Crippen LogP contribution >= 0.6 is 0 Å². The molecule has 0 aromatic carbocycles. The molecule has 102 valence electrons. The highest BCUT2D eigenvalue weighted by atomic mass is 16.5. The van der Waals surface area contributed by atoms with Crippen LogP contribution in [-0.2, 0) is 4.74 Å². The van der Waals surface area contributed by atoms with Gasteiger partial charge in [0.15, 0.2) is 0 Å². The summed E-state index contributed by atoms with van der Waals surface area (Å²) >= 11 is 0. The van der Waals surface area contributed by atoms with Crippen LogP contribution in [0.25, 0.3) is 0 Å². The molecule has 0 spiro atoms. The molecular weight excluding hydrogens is 210 g/mol. The SMILES string of the molecule is CCCCC1CCC(CN)(CC(C)OC)CC1. The topological polar surface area (TPSA) is 35.2 Å². The maximum absolute atomic E-state index is 6.03. The van der Waals surface area contributed by atoms with Crippen LogP contribution in [0.2, 0.25) is 0 Å². The zero-order chi connectivity index (χ0) is 12.7. The number of methoxy groups -OCH3 is 1. The third kappa shape index (κ3) is 4.59. The van der Waals surface area contributed by atoms with Crippen molar-refractivity contribution in [3.05, 3.63) is 0 Å². The first-order valence-corrected chi connectivity index (χ1v) is 7.38. The molecule has 1 unspecified atom stereocenters. The Labute approximate surface area is 107 Å². The molecule has 0 saturated heterocycles. The Morgan fingerprint density at radius 1 is 1.35 bits per heavy atom. The first-order valence-electron chi connectivity index (χ1n) is 7.38. The molecule has 0 heterocycles. The first kappa shape index (κ1) is 15.0. The number of unbranched alkanes of at least 4 members (excludes halogenated alkanes) is 1. The fourth-order valence-corrected chi connectivity index (χ4v) is 3.26. The Morgan fingerprint density at radius 3 is 2.47 bits per heavy atom. The average Bonchev–Trinajstić information content (AvgIpc) is 2.38. The third-order valence-electron chi connectivity index (χ3n) is 4.69. The predicted octanol–water partition coefficient (Wildman–Crippen LogP) is 3.74. The lowest BCUT2D eigenvalue weighted by molar-refractivity contribution is 0.0397. The van der Waals surface area contributed by atoms with Crippen molar-refractivity contribution >= 4 is 0 Å². The van der Waals surface area contributed by atoms with Gasteiger partial charge in [-0.05, 0) is 56.9 Å². The molecule has 1 rings (SSSR count). The van der Waals surface area contributed by atoms with E-state index in [2.05, 4.69) is 13.8 Å². The number of hydrogen-bond donors (Lipinski definition) is 1. The van der Waals surface area contributed by atoms with Gasteiger partial charge in [0.1, 0.15) is 0 Å². The molecule has 2 N–H and O–H groups in total. The first-order chi connectivity index (χ1) is 8.15. The Morgan fingerprint density at radius 2 is 2.00 bits per heavy atom. The van der Waals surface area contributed by atoms with Crippen molar-refractivity contribution in [3.63, 3.8) is 0 Å². The molecular formula is C15H31NO. The second kappa shape index (κ2) is 7.38. The Hall–Kier alpha value is -0.0800. The molecule has 1 aliphatic carbocycles. The van der Waals surface area contributed by atoms with Crippen molar-refractivity contribution in [1.29, 1.82) is 0 Å². The summed E-state index contributed by atoms with van der Waals surface area (Å²) in [6.07, 6.45) is 11.0. The summed E-state index contributed by atoms with van der Waals surface area (Å²) in [6, 6.07) is 0. The van der Waals surface area contributed by atoms with Crippen LogP contribution < -0.4 is 5.73 Å². The van der Waals surface area contributed by atoms with Gasteiger partial charge in [-0.25, -0.2) is 0 Å². The zero-order valence-corrected chi connectivity index (χ0v) is 12.0. The molecule has 0 aliphatic heterocycles. The van der Waals surface area contributed by atoms with E-state index in [9.17, 15) is 0 Å². The van der Waals surface area contributed by atoms with Gasteiger partial charge in [0.25, 0.3) is 0 Å². The van der Waals surface area contributed by atoms with Crippen LogP contribution in [0.15, 0.2) is 0 Å². The Kier molecular flexibility index (Phi) is 6.50. The summed E-state index contributed by atoms with van der Waals surface area (Å²) in [7, 11) is 1.81. The lowest BCUT2D eigenvalue weighted by atomic mass is 9.67. The van der Waals surface area contributed by atoms with Gasteiger partial charge >= 0.3 is 0 Å². The lowest BCUT2D eigenvalue weighted by Gasteiger charge is -2.41. The highest BCUT2D eigenvalue weighted by Crippen LogP contribution is 2.43. The highest BCUT2D eigenvalue weighted by molar-refractivity contribution is 4.88. The van der Waals surface area contributed by atoms with Crippen molar-refractivity contribution in [3.8, 4) is 0 Å². The minimum Gasteiger partial charge on any atom is -0.382 e. The zero-order valence-electron chi connectivity index (χ0n) is 12.0. The van der Waals surface area contributed by atoms with Crippen LogP contribution in [0.4, 0.5) is 0 Å². The second-order valence-corrected chi connectivity index (χ2v) is 6.04. The van der Waals surface area contributed by atoms with Gasteiger partial charge < -0.3 is 10.5 Å². The fourth-order valence-electron chi connectivity index (χ4n) is 3.26. The molecule has 0 aromatic heterocycles. The number of rotatable bonds is 7. The molecule has 1 atom stereocenters. The van der Waals surface area contributed by atoms with Crippen molar-refractivity contribution < 1.29 is 4.74 Å². The molecule has 1 saturated carbocycles. The molecule has 2 heteroatoms. The van der Waals surface area contributed by atoms with Crippen molar-refractivity contribution in [2.45, 2.75) is 71.3 Å². The van der Waals surface area contributed by atoms with E-state index in [4.69, 9.17) is 10.5 Å². The smallest absolute Gasteiger partial charge is 0.0549 e. The van der Waals surface area contributed by atoms with Crippen LogP contribution in [0.5, 0.6) is 0 Å². The van der Waals surface area contributed by atoms with Gasteiger partial charge in [-0.2, -0.15) is 0 Å². The largest absolute Gasteiger partial charge is 0.382 e. The van der Waals surface area contributed by atoms with Crippen LogP contribution in [0.3, 0.4) is 0 Å². The van der Waals surface area contributed by atoms with E-state index in [1.54, 1.807) is 0 Å². The van der Waals surface area contributed by atoms with Crippen LogP contribution in [-0.4, -0.2) is 19.8 Å². The van der Waals surface area contributed by atoms with E-state index in [1.165, 1.54) is 44.9 Å². The third-order valence-corrected chi connectivity index (χ3v) is 4.69. The summed E-state index contributed by atoms with van der Waals surface area (Å²) in [5.41, 5.74) is 6.40. The fraction of sp³-hybridized carbons (Fsp3) is 1.00. The Bertz CT molecular complexity index is 197. The second-order valence-electron chi connectivity index (χ2n) is 6.04. The molecule has 0 amide bonds. The quantitative estimate of drug-likeness (QED) is 0.737. The van der Waals surface area contributed by atoms with Crippen molar-refractivity contribution in [2.24, 2.45) is 17.1 Å². The monoisotopic (exact) mass is 241 g/mol. The Balaban J connectivity index is 2.39. The molecule has 1 aliphatic rings. The summed E-state index contributed by atoms with van der Waals surface area (Å²) in [5.74, 6) is 0.965. The predicted molar refractivity (Wildman–Crippen MR) is 74.1 cm³/mol. The summed E-state index contributed by atoms with van der Waals surface area (Å²) in [4.78, 5) is 0. The molecule has 2 nitrogen and oxygen atoms in total. The van der Waals surface area contributed by atoms with Crippen LogP contribution in [0.1, 0.15) is 65.2 Å². The van der Waals surface area contributed by atoms with Crippen molar-refractivity contribution in [2.75, 3.05) is 13.7 Å². The highest BCUT2D eigenvalue weighted by Gasteiger charge is 2.35. The average molecular weight is 241 g/mol. The molecule has 0 radical (unpaired) electrons. The normalized spacial score (nSPS) is 31.4. The molecule has 0 aromatic rings. The maximum Gasteiger partial charge on any atom is 0.0549 e. The van der Waals surface area contributed by atoms with Gasteiger partial charge in [-0.15, -0.1) is 0 Å². The van der Waals surface area contributed by atoms with Crippen molar-refractivity contribution in [1.82, 2.24) is 0 Å². The van der Waals surface area contributed by atoms with E-state index < -0.39 is 0 Å². The summed E-state index contributed by atoms with van der Waals surface area (Å²) < 4.78 is 5.42. The summed E-state index contributed by atoms with van der Waals surface area (Å²) in [6.45, 7) is 5.29. The molecule has 0 bridgehead atoms. The molecule has 17 heavy (non-hydrogen) atoms. The van der Waals surface area contributed by atoms with Gasteiger partial charge in [0, 0.05) is 7.11 Å². The number of hydrogen-bond acceptors (Lipinski definition) is 2. The van der Waals surface area contributed by atoms with Gasteiger partial charge in [-0.1, -0.05) is 26.2 Å². The van der Waals surface area contributed by atoms with E-state index >= 15 is 0 Å². The minimum atomic E-state index is 0.353. The van der Waals surface area contributed by atoms with E-state index in [0.29, 0.717) is 11.5 Å². The molecule has 1 fully saturated rings. The van der Waals surface area contributed by atoms with E-state index in [0.717, 1.165) is 18.9 Å². The lowest BCUT2D eigenvalue weighted by Crippen LogP contribution is -2.37. The van der Waals surface area contributed by atoms with Gasteiger partial charge in [0.2, 0.25) is 0 Å². The maximum atomic E-state index is 6.03. The number of ether oxygens (including phenoxy) is 1. The van der Waals surface area contributed by atoms with Gasteiger partial charge in [0.05, 0.1) is 6.10 Å². The van der Waals surface area contributed by atoms with E-state index in [1.807, 2.05) is 7.11 Å².